The number of carbonyl (C=O) groups excluding carboxylic acids is 1. The predicted octanol–water partition coefficient (Wildman–Crippen LogP) is 3.25. The Bertz CT molecular complexity index is 808. The van der Waals surface area contributed by atoms with Gasteiger partial charge in [0, 0.05) is 6.42 Å². The summed E-state index contributed by atoms with van der Waals surface area (Å²) in [6.07, 6.45) is 2.55. The van der Waals surface area contributed by atoms with Gasteiger partial charge in [-0.3, -0.25) is 0 Å². The Morgan fingerprint density at radius 2 is 2.00 bits per heavy atom. The van der Waals surface area contributed by atoms with Crippen molar-refractivity contribution in [1.29, 1.82) is 0 Å². The summed E-state index contributed by atoms with van der Waals surface area (Å²) in [7, 11) is 0. The van der Waals surface area contributed by atoms with Gasteiger partial charge >= 0.3 is 5.97 Å². The molecule has 6 heteroatoms. The fourth-order valence-corrected chi connectivity index (χ4v) is 2.99. The van der Waals surface area contributed by atoms with E-state index < -0.39 is 5.97 Å². The first-order valence-electron chi connectivity index (χ1n) is 7.26. The maximum Gasteiger partial charge on any atom is 0.363 e. The van der Waals surface area contributed by atoms with Crippen LogP contribution < -0.4 is 9.47 Å². The molecule has 0 fully saturated rings. The van der Waals surface area contributed by atoms with Crippen molar-refractivity contribution in [2.75, 3.05) is 13.2 Å². The van der Waals surface area contributed by atoms with Crippen molar-refractivity contribution < 1.29 is 19.0 Å². The van der Waals surface area contributed by atoms with Gasteiger partial charge in [-0.25, -0.2) is 9.79 Å². The number of aliphatic imine (C=N–C) groups is 1. The average Bonchev–Trinajstić information content (AvgIpc) is 3.13. The van der Waals surface area contributed by atoms with E-state index in [-0.39, 0.29) is 5.70 Å². The van der Waals surface area contributed by atoms with Gasteiger partial charge in [0.1, 0.15) is 0 Å². The number of thiophene rings is 1. The minimum Gasteiger partial charge on any atom is -0.490 e. The summed E-state index contributed by atoms with van der Waals surface area (Å²) >= 11 is 1.48. The molecular weight excluding hydrogens is 314 g/mol. The highest BCUT2D eigenvalue weighted by Gasteiger charge is 2.24. The molecule has 2 aromatic rings. The minimum atomic E-state index is -0.444. The molecule has 2 aliphatic rings. The van der Waals surface area contributed by atoms with Crippen molar-refractivity contribution in [2.24, 2.45) is 4.99 Å². The molecule has 0 radical (unpaired) electrons. The zero-order valence-corrected chi connectivity index (χ0v) is 13.0. The molecule has 4 rings (SSSR count). The van der Waals surface area contributed by atoms with E-state index in [1.807, 2.05) is 35.7 Å². The molecule has 0 atom stereocenters. The molecule has 5 nitrogen and oxygen atoms in total. The first kappa shape index (κ1) is 14.0. The Balaban J connectivity index is 1.65. The molecule has 0 N–H and O–H groups in total. The highest BCUT2D eigenvalue weighted by molar-refractivity contribution is 7.12. The Kier molecular flexibility index (Phi) is 3.59. The number of benzene rings is 1. The number of rotatable bonds is 2. The number of hydrogen-bond donors (Lipinski definition) is 0. The van der Waals surface area contributed by atoms with Gasteiger partial charge in [-0.15, -0.1) is 11.3 Å². The zero-order valence-electron chi connectivity index (χ0n) is 12.2. The van der Waals surface area contributed by atoms with Crippen molar-refractivity contribution in [3.63, 3.8) is 0 Å². The number of ether oxygens (including phenoxy) is 3. The standard InChI is InChI=1S/C17H13NO4S/c19-17-12(18-16(22-17)15-3-1-8-23-15)9-11-4-5-13-14(10-11)21-7-2-6-20-13/h1,3-5,8-10H,2,6-7H2/b12-9+. The maximum absolute atomic E-state index is 12.0. The summed E-state index contributed by atoms with van der Waals surface area (Å²) in [6, 6.07) is 9.32. The van der Waals surface area contributed by atoms with E-state index in [1.165, 1.54) is 11.3 Å². The molecule has 1 aromatic heterocycles. The molecule has 0 amide bonds. The van der Waals surface area contributed by atoms with Gasteiger partial charge in [0.2, 0.25) is 5.90 Å². The average molecular weight is 327 g/mol. The van der Waals surface area contributed by atoms with Crippen LogP contribution in [-0.2, 0) is 9.53 Å². The van der Waals surface area contributed by atoms with Crippen LogP contribution in [0.25, 0.3) is 6.08 Å². The molecule has 0 saturated heterocycles. The van der Waals surface area contributed by atoms with E-state index in [9.17, 15) is 4.79 Å². The molecule has 2 aliphatic heterocycles. The topological polar surface area (TPSA) is 57.1 Å². The number of nitrogens with zero attached hydrogens (tertiary/aromatic N) is 1. The van der Waals surface area contributed by atoms with E-state index in [0.29, 0.717) is 24.9 Å². The molecule has 0 spiro atoms. The predicted molar refractivity (Wildman–Crippen MR) is 87.0 cm³/mol. The molecule has 116 valence electrons. The summed E-state index contributed by atoms with van der Waals surface area (Å²) in [6.45, 7) is 1.27. The van der Waals surface area contributed by atoms with Gasteiger partial charge in [-0.1, -0.05) is 12.1 Å². The third kappa shape index (κ3) is 2.85. The number of esters is 1. The summed E-state index contributed by atoms with van der Waals surface area (Å²) < 4.78 is 16.5. The van der Waals surface area contributed by atoms with Crippen molar-refractivity contribution in [2.45, 2.75) is 6.42 Å². The van der Waals surface area contributed by atoms with Crippen molar-refractivity contribution in [3.05, 3.63) is 51.8 Å². The maximum atomic E-state index is 12.0. The van der Waals surface area contributed by atoms with E-state index in [1.54, 1.807) is 6.08 Å². The first-order chi connectivity index (χ1) is 11.3. The lowest BCUT2D eigenvalue weighted by atomic mass is 10.1. The first-order valence-corrected chi connectivity index (χ1v) is 8.14. The SMILES string of the molecule is O=C1OC(c2cccs2)=N/C1=C/c1ccc2c(c1)OCCCO2. The summed E-state index contributed by atoms with van der Waals surface area (Å²) in [5.74, 6) is 1.32. The lowest BCUT2D eigenvalue weighted by molar-refractivity contribution is -0.129. The summed E-state index contributed by atoms with van der Waals surface area (Å²) in [5, 5.41) is 1.91. The second-order valence-electron chi connectivity index (χ2n) is 5.07. The second-order valence-corrected chi connectivity index (χ2v) is 6.02. The van der Waals surface area contributed by atoms with Gasteiger partial charge < -0.3 is 14.2 Å². The fourth-order valence-electron chi connectivity index (χ4n) is 2.34. The quantitative estimate of drug-likeness (QED) is 0.627. The lowest BCUT2D eigenvalue weighted by Gasteiger charge is -2.07. The van der Waals surface area contributed by atoms with Crippen LogP contribution in [0.5, 0.6) is 11.5 Å². The van der Waals surface area contributed by atoms with E-state index in [0.717, 1.165) is 22.6 Å². The van der Waals surface area contributed by atoms with Crippen LogP contribution in [0, 0.1) is 0 Å². The van der Waals surface area contributed by atoms with Gasteiger partial charge in [0.05, 0.1) is 18.1 Å². The monoisotopic (exact) mass is 327 g/mol. The Labute approximate surface area is 136 Å². The number of hydrogen-bond acceptors (Lipinski definition) is 6. The number of fused-ring (bicyclic) bond motifs is 1. The van der Waals surface area contributed by atoms with Gasteiger partial charge in [0.25, 0.3) is 0 Å². The molecule has 1 aromatic carbocycles. The van der Waals surface area contributed by atoms with Crippen molar-refractivity contribution in [3.8, 4) is 11.5 Å². The van der Waals surface area contributed by atoms with Crippen LogP contribution in [0.4, 0.5) is 0 Å². The molecule has 0 aliphatic carbocycles. The van der Waals surface area contributed by atoms with Gasteiger partial charge in [-0.05, 0) is 35.2 Å². The van der Waals surface area contributed by atoms with E-state index in [4.69, 9.17) is 14.2 Å². The molecule has 3 heterocycles. The highest BCUT2D eigenvalue weighted by atomic mass is 32.1. The largest absolute Gasteiger partial charge is 0.490 e. The smallest absolute Gasteiger partial charge is 0.363 e. The Hall–Kier alpha value is -2.60. The van der Waals surface area contributed by atoms with Crippen LogP contribution in [0.3, 0.4) is 0 Å². The molecule has 0 bridgehead atoms. The van der Waals surface area contributed by atoms with Crippen LogP contribution >= 0.6 is 11.3 Å². The van der Waals surface area contributed by atoms with E-state index in [2.05, 4.69) is 4.99 Å². The Morgan fingerprint density at radius 1 is 1.13 bits per heavy atom. The van der Waals surface area contributed by atoms with E-state index >= 15 is 0 Å². The third-order valence-electron chi connectivity index (χ3n) is 3.43. The lowest BCUT2D eigenvalue weighted by Crippen LogP contribution is -2.03. The van der Waals surface area contributed by atoms with Gasteiger partial charge in [0.15, 0.2) is 17.2 Å². The zero-order chi connectivity index (χ0) is 15.6. The molecule has 0 unspecified atom stereocenters. The Morgan fingerprint density at radius 3 is 2.83 bits per heavy atom. The second kappa shape index (κ2) is 5.89. The fraction of sp³-hybridized carbons (Fsp3) is 0.176. The molecule has 23 heavy (non-hydrogen) atoms. The van der Waals surface area contributed by atoms with Crippen molar-refractivity contribution in [1.82, 2.24) is 0 Å². The highest BCUT2D eigenvalue weighted by Crippen LogP contribution is 2.31. The van der Waals surface area contributed by atoms with Crippen LogP contribution in [0.1, 0.15) is 16.9 Å². The van der Waals surface area contributed by atoms with Crippen LogP contribution in [0.2, 0.25) is 0 Å². The number of carbonyl (C=O) groups is 1. The normalized spacial score (nSPS) is 18.5. The minimum absolute atomic E-state index is 0.280. The summed E-state index contributed by atoms with van der Waals surface area (Å²) in [4.78, 5) is 17.1. The molecule has 0 saturated carbocycles. The van der Waals surface area contributed by atoms with Crippen molar-refractivity contribution >= 4 is 29.3 Å². The van der Waals surface area contributed by atoms with Crippen LogP contribution in [0.15, 0.2) is 46.4 Å². The third-order valence-corrected chi connectivity index (χ3v) is 4.29. The molecular formula is C17H13NO4S. The number of cyclic esters (lactones) is 1. The van der Waals surface area contributed by atoms with Gasteiger partial charge in [-0.2, -0.15) is 0 Å². The van der Waals surface area contributed by atoms with Crippen LogP contribution in [-0.4, -0.2) is 25.1 Å². The summed E-state index contributed by atoms with van der Waals surface area (Å²) in [5.41, 5.74) is 1.10.